The predicted molar refractivity (Wildman–Crippen MR) is 78.9 cm³/mol. The minimum atomic E-state index is 0.271. The molecule has 3 heterocycles. The molecule has 1 saturated heterocycles. The van der Waals surface area contributed by atoms with Crippen molar-refractivity contribution < 1.29 is 9.47 Å². The summed E-state index contributed by atoms with van der Waals surface area (Å²) < 4.78 is 10.8. The molecule has 5 nitrogen and oxygen atoms in total. The molecule has 2 aromatic rings. The highest BCUT2D eigenvalue weighted by molar-refractivity contribution is 6.29. The van der Waals surface area contributed by atoms with Crippen LogP contribution in [0, 0.1) is 0 Å². The van der Waals surface area contributed by atoms with Gasteiger partial charge >= 0.3 is 0 Å². The summed E-state index contributed by atoms with van der Waals surface area (Å²) in [6, 6.07) is 6.39. The lowest BCUT2D eigenvalue weighted by Crippen LogP contribution is -2.23. The van der Waals surface area contributed by atoms with Gasteiger partial charge < -0.3 is 14.4 Å². The van der Waals surface area contributed by atoms with Crippen LogP contribution in [-0.2, 0) is 0 Å². The first-order chi connectivity index (χ1) is 10.3. The summed E-state index contributed by atoms with van der Waals surface area (Å²) in [6.45, 7) is 1.25. The lowest BCUT2D eigenvalue weighted by atomic mass is 10.0. The van der Waals surface area contributed by atoms with Crippen LogP contribution in [0.15, 0.2) is 30.6 Å². The van der Waals surface area contributed by atoms with Crippen LogP contribution in [0.25, 0.3) is 0 Å². The molecule has 0 radical (unpaired) electrons. The quantitative estimate of drug-likeness (QED) is 0.852. The number of hydrogen-bond donors (Lipinski definition) is 0. The van der Waals surface area contributed by atoms with Crippen LogP contribution < -0.4 is 14.4 Å². The fraction of sp³-hybridized carbons (Fsp3) is 0.333. The van der Waals surface area contributed by atoms with E-state index in [2.05, 4.69) is 27.0 Å². The van der Waals surface area contributed by atoms with E-state index >= 15 is 0 Å². The number of aromatic nitrogens is 2. The molecule has 0 aliphatic carbocycles. The second-order valence-electron chi connectivity index (χ2n) is 5.16. The van der Waals surface area contributed by atoms with Gasteiger partial charge in [0.25, 0.3) is 0 Å². The number of halogens is 1. The number of hydrogen-bond acceptors (Lipinski definition) is 5. The molecule has 1 aromatic carbocycles. The van der Waals surface area contributed by atoms with E-state index in [1.54, 1.807) is 12.4 Å². The van der Waals surface area contributed by atoms with Crippen LogP contribution in [0.4, 0.5) is 5.82 Å². The van der Waals surface area contributed by atoms with E-state index < -0.39 is 0 Å². The van der Waals surface area contributed by atoms with Gasteiger partial charge in [0.1, 0.15) is 11.0 Å². The average molecular weight is 304 g/mol. The van der Waals surface area contributed by atoms with Gasteiger partial charge in [0.2, 0.25) is 6.79 Å². The highest BCUT2D eigenvalue weighted by atomic mass is 35.5. The third-order valence-corrected chi connectivity index (χ3v) is 4.10. The Balaban J connectivity index is 1.67. The Labute approximate surface area is 127 Å². The number of nitrogens with zero attached hydrogens (tertiary/aromatic N) is 3. The van der Waals surface area contributed by atoms with Crippen LogP contribution in [0.3, 0.4) is 0 Å². The summed E-state index contributed by atoms with van der Waals surface area (Å²) in [5.41, 5.74) is 1.21. The summed E-state index contributed by atoms with van der Waals surface area (Å²) in [4.78, 5) is 10.8. The topological polar surface area (TPSA) is 47.5 Å². The smallest absolute Gasteiger partial charge is 0.231 e. The molecule has 0 amide bonds. The summed E-state index contributed by atoms with van der Waals surface area (Å²) >= 11 is 5.96. The van der Waals surface area contributed by atoms with Gasteiger partial charge in [-0.05, 0) is 30.5 Å². The van der Waals surface area contributed by atoms with E-state index in [1.165, 1.54) is 5.56 Å². The third kappa shape index (κ3) is 2.27. The highest BCUT2D eigenvalue weighted by Gasteiger charge is 2.28. The Morgan fingerprint density at radius 1 is 1.19 bits per heavy atom. The molecule has 6 heteroatoms. The molecule has 21 heavy (non-hydrogen) atoms. The van der Waals surface area contributed by atoms with Crippen LogP contribution in [0.1, 0.15) is 24.4 Å². The Morgan fingerprint density at radius 3 is 3.00 bits per heavy atom. The zero-order valence-corrected chi connectivity index (χ0v) is 12.1. The van der Waals surface area contributed by atoms with Crippen molar-refractivity contribution in [3.8, 4) is 11.5 Å². The minimum absolute atomic E-state index is 0.271. The Hall–Kier alpha value is -2.01. The van der Waals surface area contributed by atoms with Crippen LogP contribution in [0.5, 0.6) is 11.5 Å². The highest BCUT2D eigenvalue weighted by Crippen LogP contribution is 2.40. The van der Waals surface area contributed by atoms with Crippen LogP contribution >= 0.6 is 11.6 Å². The molecule has 2 aliphatic rings. The molecule has 0 bridgehead atoms. The van der Waals surface area contributed by atoms with Gasteiger partial charge in [0, 0.05) is 6.54 Å². The second-order valence-corrected chi connectivity index (χ2v) is 5.55. The predicted octanol–water partition coefficient (Wildman–Crippen LogP) is 3.20. The first kappa shape index (κ1) is 12.7. The van der Waals surface area contributed by atoms with Crippen molar-refractivity contribution in [2.24, 2.45) is 0 Å². The number of anilines is 1. The maximum Gasteiger partial charge on any atom is 0.231 e. The van der Waals surface area contributed by atoms with Gasteiger partial charge in [-0.25, -0.2) is 4.98 Å². The van der Waals surface area contributed by atoms with Crippen molar-refractivity contribution in [1.29, 1.82) is 0 Å². The summed E-state index contributed by atoms with van der Waals surface area (Å²) in [5, 5.41) is 0.420. The first-order valence-corrected chi connectivity index (χ1v) is 7.33. The molecule has 0 spiro atoms. The Morgan fingerprint density at radius 2 is 2.10 bits per heavy atom. The van der Waals surface area contributed by atoms with Crippen molar-refractivity contribution in [2.75, 3.05) is 18.2 Å². The third-order valence-electron chi connectivity index (χ3n) is 3.92. The zero-order valence-electron chi connectivity index (χ0n) is 11.3. The Bertz CT molecular complexity index is 680. The minimum Gasteiger partial charge on any atom is -0.454 e. The molecule has 1 fully saturated rings. The van der Waals surface area contributed by atoms with Crippen molar-refractivity contribution in [1.82, 2.24) is 9.97 Å². The Kier molecular flexibility index (Phi) is 3.07. The van der Waals surface area contributed by atoms with Gasteiger partial charge in [0.15, 0.2) is 11.5 Å². The second kappa shape index (κ2) is 5.07. The van der Waals surface area contributed by atoms with Crippen LogP contribution in [0.2, 0.25) is 5.15 Å². The zero-order chi connectivity index (χ0) is 14.2. The molecular formula is C15H14ClN3O2. The van der Waals surface area contributed by atoms with E-state index in [0.29, 0.717) is 11.9 Å². The molecule has 0 saturated carbocycles. The summed E-state index contributed by atoms with van der Waals surface area (Å²) in [6.07, 6.45) is 5.51. The van der Waals surface area contributed by atoms with E-state index in [0.717, 1.165) is 36.7 Å². The SMILES string of the molecule is Clc1cncc(N2CCCC2c2ccc3c(c2)OCO3)n1. The molecule has 0 N–H and O–H groups in total. The lowest BCUT2D eigenvalue weighted by molar-refractivity contribution is 0.174. The van der Waals surface area contributed by atoms with Gasteiger partial charge in [-0.3, -0.25) is 4.98 Å². The molecule has 108 valence electrons. The molecule has 2 aliphatic heterocycles. The van der Waals surface area contributed by atoms with E-state index in [1.807, 2.05) is 6.07 Å². The first-order valence-electron chi connectivity index (χ1n) is 6.95. The summed E-state index contributed by atoms with van der Waals surface area (Å²) in [7, 11) is 0. The van der Waals surface area contributed by atoms with Crippen molar-refractivity contribution in [3.05, 3.63) is 41.3 Å². The van der Waals surface area contributed by atoms with Crippen LogP contribution in [-0.4, -0.2) is 23.3 Å². The van der Waals surface area contributed by atoms with Gasteiger partial charge in [-0.1, -0.05) is 17.7 Å². The van der Waals surface area contributed by atoms with E-state index in [9.17, 15) is 0 Å². The van der Waals surface area contributed by atoms with Crippen molar-refractivity contribution >= 4 is 17.4 Å². The largest absolute Gasteiger partial charge is 0.454 e. The fourth-order valence-electron chi connectivity index (χ4n) is 2.98. The maximum absolute atomic E-state index is 5.96. The fourth-order valence-corrected chi connectivity index (χ4v) is 3.12. The average Bonchev–Trinajstić information content (AvgIpc) is 3.15. The van der Waals surface area contributed by atoms with Crippen molar-refractivity contribution in [2.45, 2.75) is 18.9 Å². The van der Waals surface area contributed by atoms with E-state index in [4.69, 9.17) is 21.1 Å². The van der Waals surface area contributed by atoms with Crippen molar-refractivity contribution in [3.63, 3.8) is 0 Å². The monoisotopic (exact) mass is 303 g/mol. The van der Waals surface area contributed by atoms with E-state index in [-0.39, 0.29) is 6.04 Å². The molecule has 4 rings (SSSR count). The standard InChI is InChI=1S/C15H14ClN3O2/c16-14-7-17-8-15(18-14)19-5-1-2-11(19)10-3-4-12-13(6-10)21-9-20-12/h3-4,6-8,11H,1-2,5,9H2. The van der Waals surface area contributed by atoms with Gasteiger partial charge in [-0.15, -0.1) is 0 Å². The molecule has 1 atom stereocenters. The summed E-state index contributed by atoms with van der Waals surface area (Å²) in [5.74, 6) is 2.45. The lowest BCUT2D eigenvalue weighted by Gasteiger charge is -2.26. The molecular weight excluding hydrogens is 290 g/mol. The maximum atomic E-state index is 5.96. The number of fused-ring (bicyclic) bond motifs is 1. The normalized spacial score (nSPS) is 20.0. The number of benzene rings is 1. The number of ether oxygens (including phenoxy) is 2. The van der Waals surface area contributed by atoms with Gasteiger partial charge in [0.05, 0.1) is 18.4 Å². The molecule has 1 unspecified atom stereocenters. The number of rotatable bonds is 2. The molecule has 1 aromatic heterocycles. The van der Waals surface area contributed by atoms with Gasteiger partial charge in [-0.2, -0.15) is 0 Å².